The van der Waals surface area contributed by atoms with Crippen LogP contribution in [0.15, 0.2) is 51.8 Å². The maximum absolute atomic E-state index is 11.2. The lowest BCUT2D eigenvalue weighted by atomic mass is 10.2. The molecule has 2 aromatic rings. The molecule has 0 bridgehead atoms. The highest BCUT2D eigenvalue weighted by atomic mass is 79.9. The smallest absolute Gasteiger partial charge is 0.336 e. The number of benzene rings is 2. The first kappa shape index (κ1) is 15.9. The molecule has 3 nitrogen and oxygen atoms in total. The van der Waals surface area contributed by atoms with Crippen LogP contribution < -0.4 is 4.74 Å². The molecule has 0 saturated carbocycles. The van der Waals surface area contributed by atoms with E-state index < -0.39 is 5.97 Å². The molecule has 21 heavy (non-hydrogen) atoms. The highest BCUT2D eigenvalue weighted by Crippen LogP contribution is 2.27. The molecule has 2 rings (SSSR count). The number of para-hydroxylation sites is 1. The van der Waals surface area contributed by atoms with Crippen LogP contribution in [0.3, 0.4) is 0 Å². The summed E-state index contributed by atoms with van der Waals surface area (Å²) in [7, 11) is 0. The minimum absolute atomic E-state index is 0.319. The normalized spacial score (nSPS) is 10.4. The van der Waals surface area contributed by atoms with Crippen LogP contribution in [-0.4, -0.2) is 23.4 Å². The fraction of sp³-hybridized carbons (Fsp3) is 0.188. The summed E-state index contributed by atoms with van der Waals surface area (Å²) in [6, 6.07) is 13.0. The Morgan fingerprint density at radius 3 is 2.76 bits per heavy atom. The van der Waals surface area contributed by atoms with Crippen molar-refractivity contribution in [1.29, 1.82) is 0 Å². The van der Waals surface area contributed by atoms with Crippen molar-refractivity contribution in [2.24, 2.45) is 0 Å². The topological polar surface area (TPSA) is 46.5 Å². The first-order valence-corrected chi connectivity index (χ1v) is 8.20. The van der Waals surface area contributed by atoms with E-state index >= 15 is 0 Å². The molecule has 0 aliphatic carbocycles. The van der Waals surface area contributed by atoms with Crippen LogP contribution in [0.1, 0.15) is 15.9 Å². The zero-order valence-electron chi connectivity index (χ0n) is 11.5. The highest BCUT2D eigenvalue weighted by Gasteiger charge is 2.10. The number of aromatic carboxylic acids is 1. The van der Waals surface area contributed by atoms with Crippen LogP contribution in [0.5, 0.6) is 5.75 Å². The molecule has 0 unspecified atom stereocenters. The number of aryl methyl sites for hydroxylation is 1. The molecular weight excluding hydrogens is 352 g/mol. The highest BCUT2D eigenvalue weighted by molar-refractivity contribution is 9.10. The Morgan fingerprint density at radius 1 is 1.29 bits per heavy atom. The fourth-order valence-electron chi connectivity index (χ4n) is 1.81. The summed E-state index contributed by atoms with van der Waals surface area (Å²) in [6.07, 6.45) is 0. The molecule has 0 aliphatic rings. The second-order valence-corrected chi connectivity index (χ2v) is 6.46. The van der Waals surface area contributed by atoms with Gasteiger partial charge in [-0.1, -0.05) is 34.1 Å². The van der Waals surface area contributed by atoms with Crippen LogP contribution in [0.25, 0.3) is 0 Å². The summed E-state index contributed by atoms with van der Waals surface area (Å²) >= 11 is 4.84. The van der Waals surface area contributed by atoms with Crippen molar-refractivity contribution in [3.05, 3.63) is 58.1 Å². The second kappa shape index (κ2) is 7.52. The van der Waals surface area contributed by atoms with Crippen molar-refractivity contribution in [2.45, 2.75) is 11.8 Å². The molecule has 0 atom stereocenters. The van der Waals surface area contributed by atoms with Gasteiger partial charge in [-0.15, -0.1) is 11.8 Å². The van der Waals surface area contributed by atoms with E-state index in [2.05, 4.69) is 15.9 Å². The van der Waals surface area contributed by atoms with E-state index in [0.29, 0.717) is 17.9 Å². The average molecular weight is 367 g/mol. The van der Waals surface area contributed by atoms with Gasteiger partial charge in [0.15, 0.2) is 0 Å². The Balaban J connectivity index is 1.93. The van der Waals surface area contributed by atoms with Gasteiger partial charge in [0.05, 0.1) is 12.2 Å². The van der Waals surface area contributed by atoms with Gasteiger partial charge in [0.1, 0.15) is 5.75 Å². The lowest BCUT2D eigenvalue weighted by Gasteiger charge is -2.10. The van der Waals surface area contributed by atoms with E-state index in [0.717, 1.165) is 20.7 Å². The van der Waals surface area contributed by atoms with Gasteiger partial charge >= 0.3 is 5.97 Å². The number of hydrogen-bond acceptors (Lipinski definition) is 3. The maximum Gasteiger partial charge on any atom is 0.336 e. The number of carboxylic acids is 1. The van der Waals surface area contributed by atoms with Crippen molar-refractivity contribution in [2.75, 3.05) is 12.4 Å². The molecule has 1 N–H and O–H groups in total. The van der Waals surface area contributed by atoms with Crippen LogP contribution in [-0.2, 0) is 0 Å². The number of halogens is 1. The van der Waals surface area contributed by atoms with Crippen LogP contribution >= 0.6 is 27.7 Å². The van der Waals surface area contributed by atoms with E-state index in [1.807, 2.05) is 37.3 Å². The number of carbonyl (C=O) groups is 1. The Hall–Kier alpha value is -1.46. The van der Waals surface area contributed by atoms with Crippen LogP contribution in [0.4, 0.5) is 0 Å². The third-order valence-corrected chi connectivity index (χ3v) is 4.38. The lowest BCUT2D eigenvalue weighted by Crippen LogP contribution is -2.03. The summed E-state index contributed by atoms with van der Waals surface area (Å²) in [5, 5.41) is 9.17. The predicted octanol–water partition coefficient (Wildman–Crippen LogP) is 4.63. The Labute approximate surface area is 136 Å². The van der Waals surface area contributed by atoms with Gasteiger partial charge in [-0.05, 0) is 36.8 Å². The summed E-state index contributed by atoms with van der Waals surface area (Å²) < 4.78 is 6.58. The summed E-state index contributed by atoms with van der Waals surface area (Å²) in [4.78, 5) is 11.9. The van der Waals surface area contributed by atoms with Gasteiger partial charge in [0, 0.05) is 15.1 Å². The Morgan fingerprint density at radius 2 is 2.05 bits per heavy atom. The molecule has 0 aliphatic heterocycles. The SMILES string of the molecule is Cc1ccccc1OCCSc1cc(Br)ccc1C(=O)O. The number of carboxylic acid groups (broad SMARTS) is 1. The van der Waals surface area contributed by atoms with Crippen molar-refractivity contribution in [1.82, 2.24) is 0 Å². The van der Waals surface area contributed by atoms with E-state index in [1.165, 1.54) is 11.8 Å². The lowest BCUT2D eigenvalue weighted by molar-refractivity contribution is 0.0693. The van der Waals surface area contributed by atoms with Crippen molar-refractivity contribution in [3.63, 3.8) is 0 Å². The first-order valence-electron chi connectivity index (χ1n) is 6.42. The van der Waals surface area contributed by atoms with Gasteiger partial charge in [-0.2, -0.15) is 0 Å². The van der Waals surface area contributed by atoms with Gasteiger partial charge in [-0.3, -0.25) is 0 Å². The van der Waals surface area contributed by atoms with E-state index in [-0.39, 0.29) is 0 Å². The molecule has 0 fully saturated rings. The summed E-state index contributed by atoms with van der Waals surface area (Å²) in [5.74, 6) is 0.640. The van der Waals surface area contributed by atoms with E-state index in [9.17, 15) is 4.79 Å². The zero-order chi connectivity index (χ0) is 15.2. The molecule has 0 amide bonds. The van der Waals surface area contributed by atoms with Crippen molar-refractivity contribution < 1.29 is 14.6 Å². The number of thioether (sulfide) groups is 1. The van der Waals surface area contributed by atoms with Crippen LogP contribution in [0.2, 0.25) is 0 Å². The number of hydrogen-bond donors (Lipinski definition) is 1. The van der Waals surface area contributed by atoms with Gasteiger partial charge in [0.25, 0.3) is 0 Å². The summed E-state index contributed by atoms with van der Waals surface area (Å²) in [5.41, 5.74) is 1.41. The molecule has 0 saturated heterocycles. The van der Waals surface area contributed by atoms with E-state index in [4.69, 9.17) is 9.84 Å². The molecule has 0 aromatic heterocycles. The summed E-state index contributed by atoms with van der Waals surface area (Å²) in [6.45, 7) is 2.53. The standard InChI is InChI=1S/C16H15BrO3S/c1-11-4-2-3-5-14(11)20-8-9-21-15-10-12(17)6-7-13(15)16(18)19/h2-7,10H,8-9H2,1H3,(H,18,19). The molecule has 5 heteroatoms. The molecule has 0 heterocycles. The first-order chi connectivity index (χ1) is 10.1. The number of ether oxygens (including phenoxy) is 1. The van der Waals surface area contributed by atoms with E-state index in [1.54, 1.807) is 12.1 Å². The number of rotatable bonds is 6. The predicted molar refractivity (Wildman–Crippen MR) is 88.5 cm³/mol. The largest absolute Gasteiger partial charge is 0.492 e. The Kier molecular flexibility index (Phi) is 5.70. The maximum atomic E-state index is 11.2. The quantitative estimate of drug-likeness (QED) is 0.598. The molecule has 0 spiro atoms. The molecular formula is C16H15BrO3S. The van der Waals surface area contributed by atoms with Crippen molar-refractivity contribution >= 4 is 33.7 Å². The molecule has 110 valence electrons. The van der Waals surface area contributed by atoms with Gasteiger partial charge in [0.2, 0.25) is 0 Å². The third-order valence-electron chi connectivity index (χ3n) is 2.87. The molecule has 0 radical (unpaired) electrons. The van der Waals surface area contributed by atoms with Gasteiger partial charge in [-0.25, -0.2) is 4.79 Å². The van der Waals surface area contributed by atoms with Gasteiger partial charge < -0.3 is 9.84 Å². The fourth-order valence-corrected chi connectivity index (χ4v) is 3.23. The second-order valence-electron chi connectivity index (χ2n) is 4.41. The zero-order valence-corrected chi connectivity index (χ0v) is 13.9. The monoisotopic (exact) mass is 366 g/mol. The minimum atomic E-state index is -0.912. The Bertz CT molecular complexity index is 643. The third kappa shape index (κ3) is 4.51. The minimum Gasteiger partial charge on any atom is -0.492 e. The molecule has 2 aromatic carbocycles. The average Bonchev–Trinajstić information content (AvgIpc) is 2.45. The van der Waals surface area contributed by atoms with Crippen molar-refractivity contribution in [3.8, 4) is 5.75 Å². The van der Waals surface area contributed by atoms with Crippen LogP contribution in [0, 0.1) is 6.92 Å².